The summed E-state index contributed by atoms with van der Waals surface area (Å²) < 4.78 is 17.1. The molecule has 1 aromatic heterocycles. The van der Waals surface area contributed by atoms with Gasteiger partial charge in [0.05, 0.1) is 19.2 Å². The largest absolute Gasteiger partial charge is 0.486 e. The van der Waals surface area contributed by atoms with Gasteiger partial charge in [0.1, 0.15) is 18.3 Å². The van der Waals surface area contributed by atoms with Crippen molar-refractivity contribution in [2.75, 3.05) is 13.2 Å². The number of para-hydroxylation sites is 2. The quantitative estimate of drug-likeness (QED) is 0.764. The van der Waals surface area contributed by atoms with Gasteiger partial charge in [-0.25, -0.2) is 0 Å². The van der Waals surface area contributed by atoms with Crippen molar-refractivity contribution in [1.82, 2.24) is 5.32 Å². The van der Waals surface area contributed by atoms with E-state index in [4.69, 9.17) is 13.9 Å². The van der Waals surface area contributed by atoms with Crippen LogP contribution < -0.4 is 14.8 Å². The number of hydrogen-bond donors (Lipinski definition) is 1. The first-order valence-corrected chi connectivity index (χ1v) is 8.87. The normalized spacial score (nSPS) is 15.8. The zero-order valence-corrected chi connectivity index (χ0v) is 14.7. The Morgan fingerprint density at radius 3 is 2.88 bits per heavy atom. The van der Waals surface area contributed by atoms with E-state index in [1.807, 2.05) is 36.4 Å². The fourth-order valence-corrected chi connectivity index (χ4v) is 3.11. The number of hydrogen-bond acceptors (Lipinski definition) is 4. The van der Waals surface area contributed by atoms with Crippen molar-refractivity contribution in [3.05, 3.63) is 59.9 Å². The van der Waals surface area contributed by atoms with Crippen LogP contribution in [0, 0.1) is 0 Å². The molecule has 134 valence electrons. The van der Waals surface area contributed by atoms with Crippen LogP contribution in [0.3, 0.4) is 0 Å². The van der Waals surface area contributed by atoms with Crippen LogP contribution in [-0.2, 0) is 17.6 Å². The number of ether oxygens (including phenoxy) is 2. The van der Waals surface area contributed by atoms with Gasteiger partial charge in [0.2, 0.25) is 5.91 Å². The molecule has 0 saturated carbocycles. The molecule has 1 aliphatic rings. The third-order valence-electron chi connectivity index (χ3n) is 4.57. The summed E-state index contributed by atoms with van der Waals surface area (Å²) >= 11 is 0. The molecular formula is C21H21NO4. The molecule has 0 bridgehead atoms. The molecule has 0 radical (unpaired) electrons. The Morgan fingerprint density at radius 2 is 2.04 bits per heavy atom. The molecule has 0 spiro atoms. The first-order chi connectivity index (χ1) is 12.7. The molecule has 26 heavy (non-hydrogen) atoms. The molecule has 5 nitrogen and oxygen atoms in total. The molecular weight excluding hydrogens is 330 g/mol. The minimum Gasteiger partial charge on any atom is -0.486 e. The van der Waals surface area contributed by atoms with Crippen molar-refractivity contribution >= 4 is 16.9 Å². The maximum atomic E-state index is 12.3. The van der Waals surface area contributed by atoms with Crippen LogP contribution in [-0.4, -0.2) is 25.2 Å². The average Bonchev–Trinajstić information content (AvgIpc) is 3.08. The van der Waals surface area contributed by atoms with Crippen LogP contribution in [0.5, 0.6) is 11.5 Å². The zero-order valence-electron chi connectivity index (χ0n) is 14.7. The highest BCUT2D eigenvalue weighted by molar-refractivity contribution is 5.87. The van der Waals surface area contributed by atoms with Gasteiger partial charge in [-0.2, -0.15) is 0 Å². The molecule has 4 rings (SSSR count). The minimum absolute atomic E-state index is 0.0604. The van der Waals surface area contributed by atoms with Crippen LogP contribution in [0.15, 0.2) is 53.1 Å². The van der Waals surface area contributed by atoms with Crippen molar-refractivity contribution in [2.45, 2.75) is 25.9 Å². The van der Waals surface area contributed by atoms with E-state index >= 15 is 0 Å². The standard InChI is InChI=1S/C21H21NO4/c1-2-14-7-8-17-15(12-24-20(17)9-14)10-21(23)22-11-16-13-25-18-5-3-4-6-19(18)26-16/h3-9,12,16H,2,10-11,13H2,1H3,(H,22,23)/t16-/m1/s1. The Kier molecular flexibility index (Phi) is 4.52. The van der Waals surface area contributed by atoms with Gasteiger partial charge in [-0.15, -0.1) is 0 Å². The van der Waals surface area contributed by atoms with Crippen molar-refractivity contribution in [3.63, 3.8) is 0 Å². The van der Waals surface area contributed by atoms with E-state index in [-0.39, 0.29) is 18.4 Å². The number of benzene rings is 2. The number of carbonyl (C=O) groups is 1. The fourth-order valence-electron chi connectivity index (χ4n) is 3.11. The Labute approximate surface area is 151 Å². The Balaban J connectivity index is 1.35. The minimum atomic E-state index is -0.193. The average molecular weight is 351 g/mol. The predicted molar refractivity (Wildman–Crippen MR) is 98.7 cm³/mol. The zero-order chi connectivity index (χ0) is 17.9. The van der Waals surface area contributed by atoms with Gasteiger partial charge in [-0.05, 0) is 30.2 Å². The summed E-state index contributed by atoms with van der Waals surface area (Å²) in [6, 6.07) is 13.7. The molecule has 3 aromatic rings. The van der Waals surface area contributed by atoms with Crippen LogP contribution in [0.25, 0.3) is 11.0 Å². The number of carbonyl (C=O) groups excluding carboxylic acids is 1. The third-order valence-corrected chi connectivity index (χ3v) is 4.57. The second kappa shape index (κ2) is 7.12. The number of fused-ring (bicyclic) bond motifs is 2. The van der Waals surface area contributed by atoms with Crippen LogP contribution in [0.4, 0.5) is 0 Å². The summed E-state index contributed by atoms with van der Waals surface area (Å²) in [4.78, 5) is 12.3. The molecule has 0 fully saturated rings. The van der Waals surface area contributed by atoms with E-state index in [9.17, 15) is 4.79 Å². The third kappa shape index (κ3) is 3.38. The van der Waals surface area contributed by atoms with Crippen molar-refractivity contribution in [2.24, 2.45) is 0 Å². The monoisotopic (exact) mass is 351 g/mol. The van der Waals surface area contributed by atoms with Crippen molar-refractivity contribution in [3.8, 4) is 11.5 Å². The first-order valence-electron chi connectivity index (χ1n) is 8.87. The van der Waals surface area contributed by atoms with Gasteiger partial charge < -0.3 is 19.2 Å². The summed E-state index contributed by atoms with van der Waals surface area (Å²) in [5, 5.41) is 3.91. The van der Waals surface area contributed by atoms with E-state index in [1.54, 1.807) is 6.26 Å². The predicted octanol–water partition coefficient (Wildman–Crippen LogP) is 3.49. The second-order valence-electron chi connectivity index (χ2n) is 6.42. The summed E-state index contributed by atoms with van der Waals surface area (Å²) in [6.45, 7) is 2.93. The van der Waals surface area contributed by atoms with Gasteiger partial charge >= 0.3 is 0 Å². The highest BCUT2D eigenvalue weighted by Gasteiger charge is 2.21. The SMILES string of the molecule is CCc1ccc2c(CC(=O)NC[C@@H]3COc4ccccc4O3)coc2c1. The summed E-state index contributed by atoms with van der Waals surface area (Å²) in [6.07, 6.45) is 2.71. The molecule has 0 unspecified atom stereocenters. The molecule has 1 aliphatic heterocycles. The lowest BCUT2D eigenvalue weighted by Crippen LogP contribution is -2.41. The van der Waals surface area contributed by atoms with Gasteiger partial charge in [0.25, 0.3) is 0 Å². The van der Waals surface area contributed by atoms with Crippen LogP contribution in [0.1, 0.15) is 18.1 Å². The number of nitrogens with one attached hydrogen (secondary N) is 1. The van der Waals surface area contributed by atoms with Gasteiger partial charge in [-0.3, -0.25) is 4.79 Å². The Hall–Kier alpha value is -2.95. The second-order valence-corrected chi connectivity index (χ2v) is 6.42. The van der Waals surface area contributed by atoms with Gasteiger partial charge in [0, 0.05) is 10.9 Å². The summed E-state index contributed by atoms with van der Waals surface area (Å²) in [5.74, 6) is 1.40. The topological polar surface area (TPSA) is 60.7 Å². The maximum absolute atomic E-state index is 12.3. The van der Waals surface area contributed by atoms with Gasteiger partial charge in [-0.1, -0.05) is 31.2 Å². The molecule has 0 saturated heterocycles. The van der Waals surface area contributed by atoms with Crippen LogP contribution in [0.2, 0.25) is 0 Å². The summed E-state index contributed by atoms with van der Waals surface area (Å²) in [5.41, 5.74) is 2.94. The van der Waals surface area contributed by atoms with Crippen LogP contribution >= 0.6 is 0 Å². The Bertz CT molecular complexity index is 931. The molecule has 1 amide bonds. The van der Waals surface area contributed by atoms with Crippen molar-refractivity contribution in [1.29, 1.82) is 0 Å². The molecule has 1 atom stereocenters. The first kappa shape index (κ1) is 16.5. The molecule has 0 aliphatic carbocycles. The van der Waals surface area contributed by atoms with Crippen molar-refractivity contribution < 1.29 is 18.7 Å². The molecule has 5 heteroatoms. The number of aryl methyl sites for hydroxylation is 1. The van der Waals surface area contributed by atoms with E-state index < -0.39 is 0 Å². The Morgan fingerprint density at radius 1 is 1.19 bits per heavy atom. The number of rotatable bonds is 5. The van der Waals surface area contributed by atoms with Gasteiger partial charge in [0.15, 0.2) is 11.5 Å². The van der Waals surface area contributed by atoms with E-state index in [0.29, 0.717) is 18.9 Å². The highest BCUT2D eigenvalue weighted by Crippen LogP contribution is 2.30. The smallest absolute Gasteiger partial charge is 0.224 e. The highest BCUT2D eigenvalue weighted by atomic mass is 16.6. The maximum Gasteiger partial charge on any atom is 0.224 e. The molecule has 2 heterocycles. The number of amides is 1. The summed E-state index contributed by atoms with van der Waals surface area (Å²) in [7, 11) is 0. The van der Waals surface area contributed by atoms with E-state index in [1.165, 1.54) is 5.56 Å². The lowest BCUT2D eigenvalue weighted by atomic mass is 10.1. The van der Waals surface area contributed by atoms with E-state index in [0.717, 1.165) is 28.7 Å². The molecule has 2 aromatic carbocycles. The molecule has 1 N–H and O–H groups in total. The lowest BCUT2D eigenvalue weighted by molar-refractivity contribution is -0.120. The number of furan rings is 1. The van der Waals surface area contributed by atoms with E-state index in [2.05, 4.69) is 18.3 Å². The lowest BCUT2D eigenvalue weighted by Gasteiger charge is -2.26. The fraction of sp³-hybridized carbons (Fsp3) is 0.286.